The molecular formula is C21H23N3O3S3. The number of aromatic nitrogens is 1. The van der Waals surface area contributed by atoms with Crippen molar-refractivity contribution in [2.24, 2.45) is 0 Å². The molecule has 0 atom stereocenters. The van der Waals surface area contributed by atoms with Gasteiger partial charge < -0.3 is 9.80 Å². The number of fused-ring (bicyclic) bond motifs is 1. The number of carbonyl (C=O) groups excluding carboxylic acids is 1. The number of sulfone groups is 1. The van der Waals surface area contributed by atoms with Gasteiger partial charge in [-0.1, -0.05) is 18.3 Å². The monoisotopic (exact) mass is 461 g/mol. The number of thiazole rings is 1. The molecule has 4 rings (SSSR count). The van der Waals surface area contributed by atoms with E-state index in [0.717, 1.165) is 26.7 Å². The minimum atomic E-state index is -3.24. The minimum Gasteiger partial charge on any atom is -0.345 e. The third kappa shape index (κ3) is 4.48. The van der Waals surface area contributed by atoms with Crippen LogP contribution in [0.3, 0.4) is 0 Å². The first kappa shape index (κ1) is 21.1. The highest BCUT2D eigenvalue weighted by Gasteiger charge is 2.24. The summed E-state index contributed by atoms with van der Waals surface area (Å²) in [6.45, 7) is 4.78. The predicted octanol–water partition coefficient (Wildman–Crippen LogP) is 3.77. The SMILES string of the molecule is CCSc1ccc(C(=O)N2CCN(c3nc4ccc(S(C)(=O)=O)cc4s3)CC2)cc1. The molecule has 0 saturated carbocycles. The predicted molar refractivity (Wildman–Crippen MR) is 124 cm³/mol. The fraction of sp³-hybridized carbons (Fsp3) is 0.333. The largest absolute Gasteiger partial charge is 0.345 e. The Morgan fingerprint density at radius 3 is 2.43 bits per heavy atom. The van der Waals surface area contributed by atoms with E-state index in [2.05, 4.69) is 16.8 Å². The van der Waals surface area contributed by atoms with Crippen molar-refractivity contribution in [3.8, 4) is 0 Å². The van der Waals surface area contributed by atoms with E-state index >= 15 is 0 Å². The smallest absolute Gasteiger partial charge is 0.253 e. The second-order valence-corrected chi connectivity index (χ2v) is 11.5. The Morgan fingerprint density at radius 2 is 1.80 bits per heavy atom. The van der Waals surface area contributed by atoms with Gasteiger partial charge in [0.25, 0.3) is 5.91 Å². The Labute approximate surface area is 184 Å². The number of benzene rings is 2. The van der Waals surface area contributed by atoms with Crippen LogP contribution in [0.2, 0.25) is 0 Å². The minimum absolute atomic E-state index is 0.0600. The van der Waals surface area contributed by atoms with E-state index in [4.69, 9.17) is 0 Å². The number of thioether (sulfide) groups is 1. The average molecular weight is 462 g/mol. The van der Waals surface area contributed by atoms with E-state index in [-0.39, 0.29) is 5.91 Å². The van der Waals surface area contributed by atoms with Gasteiger partial charge >= 0.3 is 0 Å². The van der Waals surface area contributed by atoms with E-state index in [0.29, 0.717) is 31.1 Å². The van der Waals surface area contributed by atoms with Gasteiger partial charge in [0.05, 0.1) is 15.1 Å². The molecule has 3 aromatic rings. The molecule has 2 aromatic carbocycles. The standard InChI is InChI=1S/C21H23N3O3S3/c1-3-28-16-6-4-15(5-7-16)20(25)23-10-12-24(13-11-23)21-22-18-9-8-17(30(2,26)27)14-19(18)29-21/h4-9,14H,3,10-13H2,1-2H3. The lowest BCUT2D eigenvalue weighted by Gasteiger charge is -2.34. The number of rotatable bonds is 5. The van der Waals surface area contributed by atoms with Crippen LogP contribution in [0.15, 0.2) is 52.3 Å². The van der Waals surface area contributed by atoms with Gasteiger partial charge in [-0.25, -0.2) is 13.4 Å². The van der Waals surface area contributed by atoms with Crippen molar-refractivity contribution >= 4 is 54.2 Å². The van der Waals surface area contributed by atoms with Gasteiger partial charge in [-0.15, -0.1) is 11.8 Å². The van der Waals surface area contributed by atoms with Crippen molar-refractivity contribution in [2.75, 3.05) is 43.1 Å². The van der Waals surface area contributed by atoms with Crippen LogP contribution in [0.4, 0.5) is 5.13 Å². The first-order valence-corrected chi connectivity index (χ1v) is 13.4. The lowest BCUT2D eigenvalue weighted by Crippen LogP contribution is -2.48. The average Bonchev–Trinajstić information content (AvgIpc) is 3.17. The fourth-order valence-electron chi connectivity index (χ4n) is 3.40. The highest BCUT2D eigenvalue weighted by Crippen LogP contribution is 2.31. The zero-order chi connectivity index (χ0) is 21.3. The van der Waals surface area contributed by atoms with Gasteiger partial charge in [0.1, 0.15) is 0 Å². The Balaban J connectivity index is 1.43. The van der Waals surface area contributed by atoms with Gasteiger partial charge in [-0.2, -0.15) is 0 Å². The highest BCUT2D eigenvalue weighted by molar-refractivity contribution is 7.99. The summed E-state index contributed by atoms with van der Waals surface area (Å²) in [6, 6.07) is 12.9. The second-order valence-electron chi connectivity index (χ2n) is 7.13. The van der Waals surface area contributed by atoms with E-state index < -0.39 is 9.84 Å². The number of piperazine rings is 1. The molecule has 0 radical (unpaired) electrons. The summed E-state index contributed by atoms with van der Waals surface area (Å²) >= 11 is 3.25. The van der Waals surface area contributed by atoms with Crippen LogP contribution in [0.1, 0.15) is 17.3 Å². The molecule has 1 aliphatic heterocycles. The van der Waals surface area contributed by atoms with Crippen LogP contribution in [0.5, 0.6) is 0 Å². The number of anilines is 1. The number of nitrogens with zero attached hydrogens (tertiary/aromatic N) is 3. The molecule has 1 amide bonds. The Bertz CT molecular complexity index is 1170. The van der Waals surface area contributed by atoms with Crippen molar-refractivity contribution in [3.63, 3.8) is 0 Å². The maximum Gasteiger partial charge on any atom is 0.253 e. The molecule has 1 aromatic heterocycles. The zero-order valence-electron chi connectivity index (χ0n) is 16.9. The number of hydrogen-bond donors (Lipinski definition) is 0. The van der Waals surface area contributed by atoms with Crippen molar-refractivity contribution < 1.29 is 13.2 Å². The number of amides is 1. The Hall–Kier alpha value is -2.10. The molecule has 0 aliphatic carbocycles. The van der Waals surface area contributed by atoms with Crippen LogP contribution in [-0.4, -0.2) is 62.4 Å². The quantitative estimate of drug-likeness (QED) is 0.539. The third-order valence-electron chi connectivity index (χ3n) is 5.03. The van der Waals surface area contributed by atoms with Crippen molar-refractivity contribution in [3.05, 3.63) is 48.0 Å². The fourth-order valence-corrected chi connectivity index (χ4v) is 5.84. The molecule has 0 spiro atoms. The first-order chi connectivity index (χ1) is 14.3. The van der Waals surface area contributed by atoms with Crippen LogP contribution in [-0.2, 0) is 9.84 Å². The summed E-state index contributed by atoms with van der Waals surface area (Å²) in [6.07, 6.45) is 1.21. The summed E-state index contributed by atoms with van der Waals surface area (Å²) in [5.74, 6) is 1.07. The maximum absolute atomic E-state index is 12.8. The topological polar surface area (TPSA) is 70.6 Å². The van der Waals surface area contributed by atoms with Crippen LogP contribution in [0, 0.1) is 0 Å². The van der Waals surface area contributed by atoms with Crippen molar-refractivity contribution in [1.29, 1.82) is 0 Å². The summed E-state index contributed by atoms with van der Waals surface area (Å²) < 4.78 is 24.4. The van der Waals surface area contributed by atoms with Crippen LogP contribution >= 0.6 is 23.1 Å². The molecule has 1 aliphatic rings. The lowest BCUT2D eigenvalue weighted by molar-refractivity contribution is 0.0746. The molecule has 30 heavy (non-hydrogen) atoms. The summed E-state index contributed by atoms with van der Waals surface area (Å²) in [5.41, 5.74) is 1.52. The second kappa shape index (κ2) is 8.56. The molecule has 158 valence electrons. The van der Waals surface area contributed by atoms with Gasteiger partial charge in [0, 0.05) is 42.9 Å². The molecule has 6 nitrogen and oxygen atoms in total. The van der Waals surface area contributed by atoms with E-state index in [1.807, 2.05) is 29.2 Å². The molecule has 1 saturated heterocycles. The molecule has 2 heterocycles. The van der Waals surface area contributed by atoms with E-state index in [1.54, 1.807) is 30.0 Å². The van der Waals surface area contributed by atoms with Crippen LogP contribution in [0.25, 0.3) is 10.2 Å². The Morgan fingerprint density at radius 1 is 1.10 bits per heavy atom. The normalized spacial score (nSPS) is 15.0. The molecule has 9 heteroatoms. The third-order valence-corrected chi connectivity index (χ3v) is 8.11. The molecule has 1 fully saturated rings. The molecule has 0 N–H and O–H groups in total. The van der Waals surface area contributed by atoms with Crippen molar-refractivity contribution in [1.82, 2.24) is 9.88 Å². The first-order valence-electron chi connectivity index (χ1n) is 9.73. The zero-order valence-corrected chi connectivity index (χ0v) is 19.3. The lowest BCUT2D eigenvalue weighted by atomic mass is 10.2. The summed E-state index contributed by atoms with van der Waals surface area (Å²) in [5, 5.41) is 0.865. The van der Waals surface area contributed by atoms with Gasteiger partial charge in [0.15, 0.2) is 15.0 Å². The summed E-state index contributed by atoms with van der Waals surface area (Å²) in [7, 11) is -3.24. The number of carbonyl (C=O) groups is 1. The van der Waals surface area contributed by atoms with E-state index in [9.17, 15) is 13.2 Å². The van der Waals surface area contributed by atoms with Crippen LogP contribution < -0.4 is 4.90 Å². The molecule has 0 unspecified atom stereocenters. The Kier molecular flexibility index (Phi) is 6.04. The molecule has 0 bridgehead atoms. The van der Waals surface area contributed by atoms with Gasteiger partial charge in [-0.3, -0.25) is 4.79 Å². The maximum atomic E-state index is 12.8. The van der Waals surface area contributed by atoms with Gasteiger partial charge in [0.2, 0.25) is 0 Å². The van der Waals surface area contributed by atoms with Gasteiger partial charge in [-0.05, 0) is 48.2 Å². The summed E-state index contributed by atoms with van der Waals surface area (Å²) in [4.78, 5) is 23.0. The van der Waals surface area contributed by atoms with Crippen molar-refractivity contribution in [2.45, 2.75) is 16.7 Å². The number of hydrogen-bond acceptors (Lipinski definition) is 7. The molecular weight excluding hydrogens is 438 g/mol. The highest BCUT2D eigenvalue weighted by atomic mass is 32.2. The van der Waals surface area contributed by atoms with E-state index in [1.165, 1.54) is 22.5 Å².